The van der Waals surface area contributed by atoms with Crippen LogP contribution >= 0.6 is 0 Å². The van der Waals surface area contributed by atoms with E-state index >= 15 is 0 Å². The van der Waals surface area contributed by atoms with Crippen molar-refractivity contribution in [2.45, 2.75) is 31.6 Å². The van der Waals surface area contributed by atoms with Gasteiger partial charge in [-0.2, -0.15) is 0 Å². The van der Waals surface area contributed by atoms with E-state index in [1.54, 1.807) is 43.0 Å². The second-order valence-electron chi connectivity index (χ2n) is 6.10. The molecule has 0 bridgehead atoms. The quantitative estimate of drug-likeness (QED) is 0.711. The Balaban J connectivity index is 1.90. The average Bonchev–Trinajstić information content (AvgIpc) is 2.63. The molecular weight excluding hydrogens is 354 g/mol. The molecule has 0 N–H and O–H groups in total. The molecule has 7 heteroatoms. The summed E-state index contributed by atoms with van der Waals surface area (Å²) in [5.74, 6) is 6.24. The summed E-state index contributed by atoms with van der Waals surface area (Å²) in [5.41, 5.74) is 0. The van der Waals surface area contributed by atoms with Crippen LogP contribution in [0.15, 0.2) is 29.2 Å². The molecule has 6 nitrogen and oxygen atoms in total. The molecule has 1 heterocycles. The second-order valence-corrected chi connectivity index (χ2v) is 8.13. The Bertz CT molecular complexity index is 753. The zero-order valence-corrected chi connectivity index (χ0v) is 16.0. The Morgan fingerprint density at radius 3 is 2.46 bits per heavy atom. The average molecular weight is 379 g/mol. The number of hydrogen-bond donors (Lipinski definition) is 0. The van der Waals surface area contributed by atoms with E-state index in [9.17, 15) is 13.2 Å². The van der Waals surface area contributed by atoms with Gasteiger partial charge in [0.05, 0.1) is 17.3 Å². The van der Waals surface area contributed by atoms with Crippen molar-refractivity contribution in [3.8, 4) is 17.6 Å². The summed E-state index contributed by atoms with van der Waals surface area (Å²) in [5, 5.41) is 0. The topological polar surface area (TPSA) is 72.9 Å². The van der Waals surface area contributed by atoms with Gasteiger partial charge >= 0.3 is 6.09 Å². The van der Waals surface area contributed by atoms with E-state index < -0.39 is 9.84 Å². The van der Waals surface area contributed by atoms with E-state index in [-0.39, 0.29) is 24.4 Å². The lowest BCUT2D eigenvalue weighted by Gasteiger charge is -2.31. The highest BCUT2D eigenvalue weighted by Crippen LogP contribution is 2.24. The Kier molecular flexibility index (Phi) is 7.34. The van der Waals surface area contributed by atoms with Crippen LogP contribution in [0.5, 0.6) is 5.75 Å². The molecule has 1 aromatic carbocycles. The third-order valence-electron chi connectivity index (χ3n) is 4.27. The van der Waals surface area contributed by atoms with Gasteiger partial charge in [0, 0.05) is 13.1 Å². The highest BCUT2D eigenvalue weighted by atomic mass is 32.2. The molecule has 1 fully saturated rings. The standard InChI is InChI=1S/C19H25NO5S/c1-3-5-14-25-17-6-8-18(9-7-17)26(22,23)15-16-10-12-20(13-11-16)19(21)24-4-2/h6-9,16H,4,10-15H2,1-2H3. The van der Waals surface area contributed by atoms with Crippen molar-refractivity contribution in [1.29, 1.82) is 0 Å². The number of sulfone groups is 1. The van der Waals surface area contributed by atoms with Crippen molar-refractivity contribution < 1.29 is 22.7 Å². The molecule has 0 atom stereocenters. The number of carbonyl (C=O) groups is 1. The lowest BCUT2D eigenvalue weighted by molar-refractivity contribution is 0.0936. The number of piperidine rings is 1. The van der Waals surface area contributed by atoms with Gasteiger partial charge in [-0.1, -0.05) is 5.92 Å². The van der Waals surface area contributed by atoms with Gasteiger partial charge in [-0.15, -0.1) is 5.92 Å². The lowest BCUT2D eigenvalue weighted by atomic mass is 9.99. The fraction of sp³-hybridized carbons (Fsp3) is 0.526. The summed E-state index contributed by atoms with van der Waals surface area (Å²) in [4.78, 5) is 13.6. The lowest BCUT2D eigenvalue weighted by Crippen LogP contribution is -2.40. The molecule has 0 unspecified atom stereocenters. The first-order chi connectivity index (χ1) is 12.5. The van der Waals surface area contributed by atoms with Crippen molar-refractivity contribution in [2.24, 2.45) is 5.92 Å². The molecule has 1 amide bonds. The fourth-order valence-corrected chi connectivity index (χ4v) is 4.54. The Hall–Kier alpha value is -2.20. The number of nitrogens with zero attached hydrogens (tertiary/aromatic N) is 1. The first kappa shape index (κ1) is 20.1. The van der Waals surface area contributed by atoms with Crippen LogP contribution in [0.3, 0.4) is 0 Å². The summed E-state index contributed by atoms with van der Waals surface area (Å²) in [6.07, 6.45) is 1.00. The number of carbonyl (C=O) groups excluding carboxylic acids is 1. The van der Waals surface area contributed by atoms with Crippen LogP contribution in [0.2, 0.25) is 0 Å². The summed E-state index contributed by atoms with van der Waals surface area (Å²) < 4.78 is 35.6. The van der Waals surface area contributed by atoms with Crippen LogP contribution in [0.4, 0.5) is 4.79 Å². The molecule has 0 saturated carbocycles. The minimum absolute atomic E-state index is 0.0430. The summed E-state index contributed by atoms with van der Waals surface area (Å²) >= 11 is 0. The van der Waals surface area contributed by atoms with Gasteiger partial charge in [-0.25, -0.2) is 13.2 Å². The summed E-state index contributed by atoms with van der Waals surface area (Å²) in [6.45, 7) is 5.19. The Labute approximate surface area is 155 Å². The van der Waals surface area contributed by atoms with E-state index in [4.69, 9.17) is 9.47 Å². The van der Waals surface area contributed by atoms with Gasteiger partial charge in [-0.3, -0.25) is 0 Å². The molecule has 26 heavy (non-hydrogen) atoms. The zero-order valence-electron chi connectivity index (χ0n) is 15.2. The molecular formula is C19H25NO5S. The number of hydrogen-bond acceptors (Lipinski definition) is 5. The molecule has 1 aliphatic rings. The molecule has 0 spiro atoms. The minimum atomic E-state index is -3.37. The van der Waals surface area contributed by atoms with E-state index in [0.717, 1.165) is 0 Å². The smallest absolute Gasteiger partial charge is 0.409 e. The first-order valence-electron chi connectivity index (χ1n) is 8.73. The number of ether oxygens (including phenoxy) is 2. The van der Waals surface area contributed by atoms with Crippen LogP contribution in [-0.4, -0.2) is 51.5 Å². The van der Waals surface area contributed by atoms with E-state index in [0.29, 0.717) is 43.2 Å². The Morgan fingerprint density at radius 1 is 1.23 bits per heavy atom. The first-order valence-corrected chi connectivity index (χ1v) is 10.4. The van der Waals surface area contributed by atoms with Gasteiger partial charge in [0.15, 0.2) is 9.84 Å². The van der Waals surface area contributed by atoms with Crippen molar-refractivity contribution >= 4 is 15.9 Å². The van der Waals surface area contributed by atoms with Gasteiger partial charge in [0.25, 0.3) is 0 Å². The van der Waals surface area contributed by atoms with Crippen molar-refractivity contribution in [1.82, 2.24) is 4.90 Å². The third-order valence-corrected chi connectivity index (χ3v) is 6.17. The number of benzene rings is 1. The van der Waals surface area contributed by atoms with Gasteiger partial charge in [0.2, 0.25) is 0 Å². The monoisotopic (exact) mass is 379 g/mol. The fourth-order valence-electron chi connectivity index (χ4n) is 2.84. The van der Waals surface area contributed by atoms with Crippen LogP contribution < -0.4 is 4.74 Å². The molecule has 142 valence electrons. The Morgan fingerprint density at radius 2 is 1.88 bits per heavy atom. The molecule has 1 saturated heterocycles. The van der Waals surface area contributed by atoms with Crippen molar-refractivity contribution in [3.05, 3.63) is 24.3 Å². The molecule has 0 aliphatic carbocycles. The third kappa shape index (κ3) is 5.67. The predicted molar refractivity (Wildman–Crippen MR) is 98.8 cm³/mol. The van der Waals surface area contributed by atoms with Crippen LogP contribution in [-0.2, 0) is 14.6 Å². The largest absolute Gasteiger partial charge is 0.481 e. The zero-order chi connectivity index (χ0) is 19.0. The number of likely N-dealkylation sites (tertiary alicyclic amines) is 1. The van der Waals surface area contributed by atoms with Crippen LogP contribution in [0.1, 0.15) is 26.7 Å². The van der Waals surface area contributed by atoms with Gasteiger partial charge in [0.1, 0.15) is 12.4 Å². The summed E-state index contributed by atoms with van der Waals surface area (Å²) in [7, 11) is -3.37. The number of rotatable bonds is 6. The van der Waals surface area contributed by atoms with Crippen molar-refractivity contribution in [2.75, 3.05) is 32.1 Å². The van der Waals surface area contributed by atoms with Crippen molar-refractivity contribution in [3.63, 3.8) is 0 Å². The van der Waals surface area contributed by atoms with E-state index in [1.165, 1.54) is 0 Å². The van der Waals surface area contributed by atoms with E-state index in [2.05, 4.69) is 11.8 Å². The minimum Gasteiger partial charge on any atom is -0.481 e. The number of amides is 1. The molecule has 0 aromatic heterocycles. The van der Waals surface area contributed by atoms with Gasteiger partial charge < -0.3 is 14.4 Å². The maximum absolute atomic E-state index is 12.6. The molecule has 2 rings (SSSR count). The molecule has 1 aromatic rings. The maximum Gasteiger partial charge on any atom is 0.409 e. The molecule has 0 radical (unpaired) electrons. The second kappa shape index (κ2) is 9.48. The SMILES string of the molecule is CC#CCOc1ccc(S(=O)(=O)CC2CCN(C(=O)OCC)CC2)cc1. The highest BCUT2D eigenvalue weighted by Gasteiger charge is 2.28. The van der Waals surface area contributed by atoms with Crippen LogP contribution in [0.25, 0.3) is 0 Å². The predicted octanol–water partition coefficient (Wildman–Crippen LogP) is 2.73. The molecule has 1 aliphatic heterocycles. The van der Waals surface area contributed by atoms with Crippen LogP contribution in [0, 0.1) is 17.8 Å². The highest BCUT2D eigenvalue weighted by molar-refractivity contribution is 7.91. The van der Waals surface area contributed by atoms with Gasteiger partial charge in [-0.05, 0) is 56.9 Å². The maximum atomic E-state index is 12.6. The normalized spacial score (nSPS) is 15.1. The van der Waals surface area contributed by atoms with E-state index in [1.807, 2.05) is 0 Å². The summed E-state index contributed by atoms with van der Waals surface area (Å²) in [6, 6.07) is 6.43.